The molecule has 0 radical (unpaired) electrons. The molecule has 2 aromatic heterocycles. The van der Waals surface area contributed by atoms with Gasteiger partial charge in [-0.2, -0.15) is 0 Å². The second-order valence-electron chi connectivity index (χ2n) is 3.47. The van der Waals surface area contributed by atoms with Crippen LogP contribution in [-0.2, 0) is 11.2 Å². The van der Waals surface area contributed by atoms with Gasteiger partial charge in [-0.15, -0.1) is 0 Å². The maximum Gasteiger partial charge on any atom is 0.233 e. The second kappa shape index (κ2) is 4.61. The molecule has 2 rings (SSSR count). The average molecular weight is 216 g/mol. The van der Waals surface area contributed by atoms with Gasteiger partial charge in [-0.3, -0.25) is 4.79 Å². The third-order valence-corrected chi connectivity index (χ3v) is 2.07. The molecule has 0 spiro atoms. The van der Waals surface area contributed by atoms with Crippen molar-refractivity contribution in [2.45, 2.75) is 13.3 Å². The van der Waals surface area contributed by atoms with Crippen molar-refractivity contribution in [3.63, 3.8) is 0 Å². The van der Waals surface area contributed by atoms with Gasteiger partial charge in [-0.05, 0) is 31.2 Å². The van der Waals surface area contributed by atoms with E-state index in [1.807, 2.05) is 19.1 Å². The summed E-state index contributed by atoms with van der Waals surface area (Å²) in [4.78, 5) is 15.8. The molecule has 2 aromatic rings. The number of hydrogen-bond acceptors (Lipinski definition) is 3. The zero-order chi connectivity index (χ0) is 11.4. The van der Waals surface area contributed by atoms with Crippen LogP contribution in [0.25, 0.3) is 0 Å². The summed E-state index contributed by atoms with van der Waals surface area (Å²) in [5.41, 5.74) is 0.871. The number of nitrogens with zero attached hydrogens (tertiary/aromatic N) is 1. The van der Waals surface area contributed by atoms with Gasteiger partial charge in [0.05, 0.1) is 12.7 Å². The molecule has 82 valence electrons. The smallest absolute Gasteiger partial charge is 0.233 e. The van der Waals surface area contributed by atoms with E-state index in [-0.39, 0.29) is 12.3 Å². The van der Waals surface area contributed by atoms with Gasteiger partial charge < -0.3 is 9.73 Å². The lowest BCUT2D eigenvalue weighted by Gasteiger charge is -2.03. The fourth-order valence-corrected chi connectivity index (χ4v) is 1.37. The Morgan fingerprint density at radius 3 is 2.94 bits per heavy atom. The van der Waals surface area contributed by atoms with Crippen LogP contribution in [-0.4, -0.2) is 10.9 Å². The van der Waals surface area contributed by atoms with E-state index in [1.165, 1.54) is 0 Å². The minimum atomic E-state index is -0.131. The summed E-state index contributed by atoms with van der Waals surface area (Å²) in [6.45, 7) is 1.88. The Labute approximate surface area is 93.3 Å². The highest BCUT2D eigenvalue weighted by atomic mass is 16.3. The first-order valence-electron chi connectivity index (χ1n) is 5.00. The highest BCUT2D eigenvalue weighted by Gasteiger charge is 2.06. The molecule has 0 aromatic carbocycles. The van der Waals surface area contributed by atoms with Crippen molar-refractivity contribution in [1.29, 1.82) is 0 Å². The number of aryl methyl sites for hydroxylation is 1. The van der Waals surface area contributed by atoms with E-state index in [0.717, 1.165) is 5.69 Å². The summed E-state index contributed by atoms with van der Waals surface area (Å²) in [5, 5.41) is 2.71. The maximum atomic E-state index is 11.6. The number of carbonyl (C=O) groups is 1. The summed E-state index contributed by atoms with van der Waals surface area (Å²) < 4.78 is 5.08. The number of amides is 1. The van der Waals surface area contributed by atoms with Crippen LogP contribution in [0.15, 0.2) is 41.0 Å². The predicted octanol–water partition coefficient (Wildman–Crippen LogP) is 2.16. The maximum absolute atomic E-state index is 11.6. The summed E-state index contributed by atoms with van der Waals surface area (Å²) in [6, 6.07) is 9.01. The van der Waals surface area contributed by atoms with E-state index < -0.39 is 0 Å². The number of hydrogen-bond donors (Lipinski definition) is 1. The van der Waals surface area contributed by atoms with Crippen LogP contribution in [0.5, 0.6) is 0 Å². The van der Waals surface area contributed by atoms with E-state index in [0.29, 0.717) is 11.6 Å². The molecule has 0 atom stereocenters. The molecule has 4 heteroatoms. The molecule has 0 fully saturated rings. The Kier molecular flexibility index (Phi) is 3.00. The van der Waals surface area contributed by atoms with Crippen LogP contribution >= 0.6 is 0 Å². The summed E-state index contributed by atoms with van der Waals surface area (Å²) in [7, 11) is 0. The number of furan rings is 1. The Hall–Kier alpha value is -2.10. The van der Waals surface area contributed by atoms with Crippen molar-refractivity contribution < 1.29 is 9.21 Å². The molecule has 0 saturated carbocycles. The standard InChI is InChI=1S/C12H12N2O2/c1-9-4-2-6-11(13-9)14-12(15)8-10-5-3-7-16-10/h2-7H,8H2,1H3,(H,13,14,15). The fourth-order valence-electron chi connectivity index (χ4n) is 1.37. The zero-order valence-electron chi connectivity index (χ0n) is 8.93. The van der Waals surface area contributed by atoms with Gasteiger partial charge in [-0.25, -0.2) is 4.98 Å². The Bertz CT molecular complexity index is 478. The number of rotatable bonds is 3. The van der Waals surface area contributed by atoms with E-state index in [1.54, 1.807) is 24.5 Å². The fraction of sp³-hybridized carbons (Fsp3) is 0.167. The lowest BCUT2D eigenvalue weighted by atomic mass is 10.3. The van der Waals surface area contributed by atoms with Crippen LogP contribution < -0.4 is 5.32 Å². The molecule has 0 bridgehead atoms. The molecule has 1 N–H and O–H groups in total. The van der Waals surface area contributed by atoms with E-state index in [2.05, 4.69) is 10.3 Å². The molecule has 2 heterocycles. The van der Waals surface area contributed by atoms with Gasteiger partial charge in [-0.1, -0.05) is 6.07 Å². The van der Waals surface area contributed by atoms with Crippen molar-refractivity contribution in [2.24, 2.45) is 0 Å². The lowest BCUT2D eigenvalue weighted by Crippen LogP contribution is -2.15. The normalized spacial score (nSPS) is 10.1. The molecule has 16 heavy (non-hydrogen) atoms. The highest BCUT2D eigenvalue weighted by molar-refractivity contribution is 5.90. The van der Waals surface area contributed by atoms with Crippen LogP contribution in [0.3, 0.4) is 0 Å². The molecule has 0 aliphatic rings. The molecule has 1 amide bonds. The van der Waals surface area contributed by atoms with E-state index in [9.17, 15) is 4.79 Å². The Morgan fingerprint density at radius 1 is 1.38 bits per heavy atom. The number of anilines is 1. The van der Waals surface area contributed by atoms with Crippen molar-refractivity contribution in [2.75, 3.05) is 5.32 Å². The minimum absolute atomic E-state index is 0.131. The van der Waals surface area contributed by atoms with Gasteiger partial charge in [0.15, 0.2) is 0 Å². The predicted molar refractivity (Wildman–Crippen MR) is 60.0 cm³/mol. The zero-order valence-corrected chi connectivity index (χ0v) is 8.93. The summed E-state index contributed by atoms with van der Waals surface area (Å²) in [6.07, 6.45) is 1.77. The molecular weight excluding hydrogens is 204 g/mol. The molecule has 0 saturated heterocycles. The van der Waals surface area contributed by atoms with Crippen molar-refractivity contribution in [3.05, 3.63) is 48.0 Å². The summed E-state index contributed by atoms with van der Waals surface area (Å²) >= 11 is 0. The van der Waals surface area contributed by atoms with Crippen molar-refractivity contribution in [1.82, 2.24) is 4.98 Å². The van der Waals surface area contributed by atoms with Gasteiger partial charge in [0.1, 0.15) is 11.6 Å². The largest absolute Gasteiger partial charge is 0.469 e. The summed E-state index contributed by atoms with van der Waals surface area (Å²) in [5.74, 6) is 1.08. The van der Waals surface area contributed by atoms with Crippen molar-refractivity contribution >= 4 is 11.7 Å². The van der Waals surface area contributed by atoms with Crippen LogP contribution in [0.1, 0.15) is 11.5 Å². The lowest BCUT2D eigenvalue weighted by molar-refractivity contribution is -0.115. The van der Waals surface area contributed by atoms with E-state index >= 15 is 0 Å². The number of carbonyl (C=O) groups excluding carboxylic acids is 1. The third kappa shape index (κ3) is 2.70. The van der Waals surface area contributed by atoms with Gasteiger partial charge >= 0.3 is 0 Å². The van der Waals surface area contributed by atoms with E-state index in [4.69, 9.17) is 4.42 Å². The second-order valence-corrected chi connectivity index (χ2v) is 3.47. The Morgan fingerprint density at radius 2 is 2.25 bits per heavy atom. The van der Waals surface area contributed by atoms with Crippen LogP contribution in [0.2, 0.25) is 0 Å². The topological polar surface area (TPSA) is 55.1 Å². The number of pyridine rings is 1. The molecule has 0 unspecified atom stereocenters. The first-order valence-corrected chi connectivity index (χ1v) is 5.00. The van der Waals surface area contributed by atoms with Gasteiger partial charge in [0, 0.05) is 5.69 Å². The highest BCUT2D eigenvalue weighted by Crippen LogP contribution is 2.06. The average Bonchev–Trinajstić information content (AvgIpc) is 2.70. The van der Waals surface area contributed by atoms with Gasteiger partial charge in [0.25, 0.3) is 0 Å². The SMILES string of the molecule is Cc1cccc(NC(=O)Cc2ccco2)n1. The van der Waals surface area contributed by atoms with Gasteiger partial charge in [0.2, 0.25) is 5.91 Å². The first kappa shape index (κ1) is 10.4. The van der Waals surface area contributed by atoms with Crippen LogP contribution in [0.4, 0.5) is 5.82 Å². The number of aromatic nitrogens is 1. The quantitative estimate of drug-likeness (QED) is 0.855. The third-order valence-electron chi connectivity index (χ3n) is 2.07. The number of nitrogens with one attached hydrogen (secondary N) is 1. The molecule has 0 aliphatic heterocycles. The van der Waals surface area contributed by atoms with Crippen LogP contribution in [0, 0.1) is 6.92 Å². The minimum Gasteiger partial charge on any atom is -0.469 e. The first-order chi connectivity index (χ1) is 7.74. The molecule has 4 nitrogen and oxygen atoms in total. The van der Waals surface area contributed by atoms with Crippen molar-refractivity contribution in [3.8, 4) is 0 Å². The molecular formula is C12H12N2O2. The monoisotopic (exact) mass is 216 g/mol. The Balaban J connectivity index is 1.97. The molecule has 0 aliphatic carbocycles.